The Hall–Kier alpha value is -0.570. The molecule has 0 bridgehead atoms. The number of carbonyl (C=O) groups excluding carboxylic acids is 1. The van der Waals surface area contributed by atoms with Crippen LogP contribution in [-0.4, -0.2) is 25.3 Å². The van der Waals surface area contributed by atoms with Gasteiger partial charge in [0.25, 0.3) is 0 Å². The van der Waals surface area contributed by atoms with Crippen molar-refractivity contribution in [3.8, 4) is 0 Å². The first-order valence-electron chi connectivity index (χ1n) is 8.90. The number of hydrogen-bond acceptors (Lipinski definition) is 3. The van der Waals surface area contributed by atoms with Crippen LogP contribution in [0.3, 0.4) is 0 Å². The summed E-state index contributed by atoms with van der Waals surface area (Å²) in [5, 5.41) is 0. The zero-order valence-corrected chi connectivity index (χ0v) is 14.0. The minimum atomic E-state index is -0.382. The molecule has 0 aromatic rings. The van der Waals surface area contributed by atoms with E-state index in [4.69, 9.17) is 9.47 Å². The molecule has 2 saturated carbocycles. The van der Waals surface area contributed by atoms with E-state index in [9.17, 15) is 4.79 Å². The molecule has 0 atom stereocenters. The van der Waals surface area contributed by atoms with Crippen LogP contribution >= 0.6 is 0 Å². The van der Waals surface area contributed by atoms with Gasteiger partial charge in [0, 0.05) is 6.61 Å². The Bertz CT molecular complexity index is 309. The van der Waals surface area contributed by atoms with E-state index < -0.39 is 0 Å². The number of ether oxygens (including phenoxy) is 2. The molecule has 2 aliphatic rings. The molecule has 0 spiro atoms. The van der Waals surface area contributed by atoms with E-state index in [-0.39, 0.29) is 17.5 Å². The fourth-order valence-corrected chi connectivity index (χ4v) is 4.44. The largest absolute Gasteiger partial charge is 0.462 e. The third-order valence-corrected chi connectivity index (χ3v) is 5.44. The highest BCUT2D eigenvalue weighted by Gasteiger charge is 2.53. The quantitative estimate of drug-likeness (QED) is 0.656. The van der Waals surface area contributed by atoms with Gasteiger partial charge in [0.2, 0.25) is 0 Å². The van der Waals surface area contributed by atoms with Crippen molar-refractivity contribution >= 4 is 5.97 Å². The molecule has 2 rings (SSSR count). The minimum absolute atomic E-state index is 0.0183. The molecule has 0 aromatic carbocycles. The van der Waals surface area contributed by atoms with Crippen molar-refractivity contribution in [3.63, 3.8) is 0 Å². The average molecular weight is 296 g/mol. The Morgan fingerprint density at radius 2 is 1.52 bits per heavy atom. The van der Waals surface area contributed by atoms with Crippen LogP contribution < -0.4 is 0 Å². The maximum Gasteiger partial charge on any atom is 0.315 e. The Labute approximate surface area is 129 Å². The highest BCUT2D eigenvalue weighted by molar-refractivity contribution is 5.78. The monoisotopic (exact) mass is 296 g/mol. The summed E-state index contributed by atoms with van der Waals surface area (Å²) in [5.41, 5.74) is -0.382. The van der Waals surface area contributed by atoms with Crippen LogP contribution in [0.1, 0.15) is 72.1 Å². The van der Waals surface area contributed by atoms with E-state index in [0.29, 0.717) is 25.0 Å². The molecule has 2 aliphatic carbocycles. The molecule has 0 N–H and O–H groups in total. The SMILES string of the molecule is CCOCC(C(=O)OC(C)C)(C1CCCC1)C1CCCC1. The van der Waals surface area contributed by atoms with Crippen molar-refractivity contribution in [2.45, 2.75) is 78.2 Å². The van der Waals surface area contributed by atoms with Gasteiger partial charge in [-0.25, -0.2) is 0 Å². The van der Waals surface area contributed by atoms with Crippen LogP contribution in [0.5, 0.6) is 0 Å². The van der Waals surface area contributed by atoms with Crippen molar-refractivity contribution in [2.24, 2.45) is 17.3 Å². The van der Waals surface area contributed by atoms with Gasteiger partial charge in [0.05, 0.1) is 18.1 Å². The lowest BCUT2D eigenvalue weighted by Gasteiger charge is -2.42. The average Bonchev–Trinajstić information content (AvgIpc) is 3.12. The molecule has 0 saturated heterocycles. The van der Waals surface area contributed by atoms with E-state index >= 15 is 0 Å². The molecule has 3 heteroatoms. The highest BCUT2D eigenvalue weighted by Crippen LogP contribution is 2.51. The van der Waals surface area contributed by atoms with E-state index in [1.165, 1.54) is 25.7 Å². The predicted molar refractivity (Wildman–Crippen MR) is 84.1 cm³/mol. The lowest BCUT2D eigenvalue weighted by molar-refractivity contribution is -0.175. The molecule has 21 heavy (non-hydrogen) atoms. The summed E-state index contributed by atoms with van der Waals surface area (Å²) in [4.78, 5) is 13.1. The minimum Gasteiger partial charge on any atom is -0.462 e. The fourth-order valence-electron chi connectivity index (χ4n) is 4.44. The number of rotatable bonds is 7. The Balaban J connectivity index is 2.28. The summed E-state index contributed by atoms with van der Waals surface area (Å²) in [7, 11) is 0. The zero-order valence-electron chi connectivity index (χ0n) is 14.0. The van der Waals surface area contributed by atoms with Crippen molar-refractivity contribution in [3.05, 3.63) is 0 Å². The molecule has 0 amide bonds. The molecule has 0 aliphatic heterocycles. The van der Waals surface area contributed by atoms with Crippen molar-refractivity contribution in [1.82, 2.24) is 0 Å². The van der Waals surface area contributed by atoms with Gasteiger partial charge < -0.3 is 9.47 Å². The zero-order chi connectivity index (χ0) is 15.3. The van der Waals surface area contributed by atoms with E-state index in [1.807, 2.05) is 20.8 Å². The van der Waals surface area contributed by atoms with Crippen LogP contribution in [0.15, 0.2) is 0 Å². The Morgan fingerprint density at radius 1 is 1.05 bits per heavy atom. The molecular formula is C18H32O3. The Kier molecular flexibility index (Phi) is 6.09. The van der Waals surface area contributed by atoms with Gasteiger partial charge in [-0.15, -0.1) is 0 Å². The lowest BCUT2D eigenvalue weighted by Crippen LogP contribution is -2.49. The second kappa shape index (κ2) is 7.62. The maximum absolute atomic E-state index is 13.1. The van der Waals surface area contributed by atoms with Crippen molar-refractivity contribution in [1.29, 1.82) is 0 Å². The summed E-state index contributed by atoms with van der Waals surface area (Å²) < 4.78 is 11.5. The maximum atomic E-state index is 13.1. The third-order valence-electron chi connectivity index (χ3n) is 5.44. The van der Waals surface area contributed by atoms with Gasteiger partial charge in [-0.2, -0.15) is 0 Å². The number of hydrogen-bond donors (Lipinski definition) is 0. The van der Waals surface area contributed by atoms with E-state index in [1.54, 1.807) is 0 Å². The molecule has 0 aromatic heterocycles. The summed E-state index contributed by atoms with van der Waals surface area (Å²) in [6.45, 7) is 7.15. The summed E-state index contributed by atoms with van der Waals surface area (Å²) in [6, 6.07) is 0. The predicted octanol–water partition coefficient (Wildman–Crippen LogP) is 4.34. The first-order valence-corrected chi connectivity index (χ1v) is 8.90. The first-order chi connectivity index (χ1) is 10.1. The van der Waals surface area contributed by atoms with Crippen LogP contribution in [0, 0.1) is 17.3 Å². The topological polar surface area (TPSA) is 35.5 Å². The van der Waals surface area contributed by atoms with Crippen molar-refractivity contribution in [2.75, 3.05) is 13.2 Å². The molecule has 0 radical (unpaired) electrons. The number of esters is 1. The summed E-state index contributed by atoms with van der Waals surface area (Å²) in [5.74, 6) is 0.932. The standard InChI is InChI=1S/C18H32O3/c1-4-20-13-18(15-9-5-6-10-15,16-11-7-8-12-16)17(19)21-14(2)3/h14-16H,4-13H2,1-3H3. The molecule has 0 heterocycles. The second-order valence-electron chi connectivity index (χ2n) is 7.09. The summed E-state index contributed by atoms with van der Waals surface area (Å²) in [6.07, 6.45) is 9.61. The second-order valence-corrected chi connectivity index (χ2v) is 7.09. The van der Waals surface area contributed by atoms with Crippen LogP contribution in [-0.2, 0) is 14.3 Å². The highest BCUT2D eigenvalue weighted by atomic mass is 16.5. The van der Waals surface area contributed by atoms with Crippen LogP contribution in [0.4, 0.5) is 0 Å². The fraction of sp³-hybridized carbons (Fsp3) is 0.944. The van der Waals surface area contributed by atoms with E-state index in [2.05, 4.69) is 0 Å². The van der Waals surface area contributed by atoms with Gasteiger partial charge in [-0.05, 0) is 58.3 Å². The van der Waals surface area contributed by atoms with Crippen LogP contribution in [0.2, 0.25) is 0 Å². The van der Waals surface area contributed by atoms with Gasteiger partial charge in [-0.3, -0.25) is 4.79 Å². The lowest BCUT2D eigenvalue weighted by atomic mass is 9.65. The van der Waals surface area contributed by atoms with Crippen LogP contribution in [0.25, 0.3) is 0 Å². The number of carbonyl (C=O) groups is 1. The van der Waals surface area contributed by atoms with Gasteiger partial charge in [0.1, 0.15) is 0 Å². The normalized spacial score (nSPS) is 21.3. The third kappa shape index (κ3) is 3.61. The van der Waals surface area contributed by atoms with Gasteiger partial charge >= 0.3 is 5.97 Å². The van der Waals surface area contributed by atoms with Crippen molar-refractivity contribution < 1.29 is 14.3 Å². The first kappa shape index (κ1) is 16.8. The smallest absolute Gasteiger partial charge is 0.315 e. The van der Waals surface area contributed by atoms with E-state index in [0.717, 1.165) is 25.7 Å². The molecule has 3 nitrogen and oxygen atoms in total. The molecule has 122 valence electrons. The van der Waals surface area contributed by atoms with Gasteiger partial charge in [0.15, 0.2) is 0 Å². The Morgan fingerprint density at radius 3 is 1.90 bits per heavy atom. The molecule has 0 unspecified atom stereocenters. The van der Waals surface area contributed by atoms with Gasteiger partial charge in [-0.1, -0.05) is 25.7 Å². The summed E-state index contributed by atoms with van der Waals surface area (Å²) >= 11 is 0. The molecule has 2 fully saturated rings. The molecular weight excluding hydrogens is 264 g/mol.